The minimum atomic E-state index is -0.104. The first-order chi connectivity index (χ1) is 6.79. The quantitative estimate of drug-likeness (QED) is 0.727. The van der Waals surface area contributed by atoms with E-state index in [1.54, 1.807) is 6.07 Å². The maximum atomic E-state index is 13.5. The van der Waals surface area contributed by atoms with Crippen LogP contribution in [-0.4, -0.2) is 31.6 Å². The summed E-state index contributed by atoms with van der Waals surface area (Å²) in [5.74, 6) is -0.104. The third kappa shape index (κ3) is 1.79. The Morgan fingerprint density at radius 2 is 2.21 bits per heavy atom. The molecule has 0 aromatic heterocycles. The molecule has 1 aliphatic rings. The number of benzene rings is 1. The fraction of sp³-hybridized carbons (Fsp3) is 0.455. The number of rotatable bonds is 1. The van der Waals surface area contributed by atoms with Crippen LogP contribution in [0.3, 0.4) is 0 Å². The van der Waals surface area contributed by atoms with Gasteiger partial charge >= 0.3 is 0 Å². The van der Waals surface area contributed by atoms with Crippen LogP contribution in [0.2, 0.25) is 0 Å². The third-order valence-electron chi connectivity index (χ3n) is 2.78. The first-order valence-corrected chi connectivity index (χ1v) is 4.94. The standard InChI is InChI=1S/C11H15FN2/c1-14-7-6-13-8-11(14)9-4-2-3-5-10(9)12/h2-5,11,13H,6-8H2,1H3/t11-/m0/s1. The summed E-state index contributed by atoms with van der Waals surface area (Å²) in [5, 5.41) is 3.28. The average molecular weight is 194 g/mol. The molecule has 0 bridgehead atoms. The number of hydrogen-bond donors (Lipinski definition) is 1. The first-order valence-electron chi connectivity index (χ1n) is 4.94. The van der Waals surface area contributed by atoms with Gasteiger partial charge < -0.3 is 5.32 Å². The molecule has 0 radical (unpaired) electrons. The molecule has 1 aromatic rings. The van der Waals surface area contributed by atoms with Gasteiger partial charge in [-0.1, -0.05) is 18.2 Å². The van der Waals surface area contributed by atoms with Gasteiger partial charge in [0.1, 0.15) is 5.82 Å². The minimum Gasteiger partial charge on any atom is -0.314 e. The van der Waals surface area contributed by atoms with Crippen LogP contribution >= 0.6 is 0 Å². The Labute approximate surface area is 83.7 Å². The van der Waals surface area contributed by atoms with Crippen molar-refractivity contribution in [3.8, 4) is 0 Å². The van der Waals surface area contributed by atoms with E-state index in [1.807, 2.05) is 19.2 Å². The number of piperazine rings is 1. The van der Waals surface area contributed by atoms with Crippen molar-refractivity contribution in [2.24, 2.45) is 0 Å². The molecule has 14 heavy (non-hydrogen) atoms. The van der Waals surface area contributed by atoms with Crippen LogP contribution in [0.15, 0.2) is 24.3 Å². The highest BCUT2D eigenvalue weighted by Gasteiger charge is 2.22. The van der Waals surface area contributed by atoms with Crippen LogP contribution < -0.4 is 5.32 Å². The first kappa shape index (κ1) is 9.62. The number of halogens is 1. The van der Waals surface area contributed by atoms with Gasteiger partial charge in [-0.05, 0) is 13.1 Å². The molecule has 1 atom stereocenters. The molecule has 3 heteroatoms. The van der Waals surface area contributed by atoms with E-state index in [4.69, 9.17) is 0 Å². The second kappa shape index (κ2) is 4.07. The minimum absolute atomic E-state index is 0.104. The molecule has 0 unspecified atom stereocenters. The van der Waals surface area contributed by atoms with Gasteiger partial charge in [0.15, 0.2) is 0 Å². The molecule has 0 spiro atoms. The molecule has 1 heterocycles. The van der Waals surface area contributed by atoms with Crippen molar-refractivity contribution < 1.29 is 4.39 Å². The van der Waals surface area contributed by atoms with E-state index in [-0.39, 0.29) is 11.9 Å². The van der Waals surface area contributed by atoms with Gasteiger partial charge in [0.2, 0.25) is 0 Å². The summed E-state index contributed by atoms with van der Waals surface area (Å²) in [6.45, 7) is 2.79. The lowest BCUT2D eigenvalue weighted by Crippen LogP contribution is -2.44. The maximum absolute atomic E-state index is 13.5. The number of nitrogens with zero attached hydrogens (tertiary/aromatic N) is 1. The fourth-order valence-electron chi connectivity index (χ4n) is 1.90. The Balaban J connectivity index is 2.25. The highest BCUT2D eigenvalue weighted by Crippen LogP contribution is 2.22. The Hall–Kier alpha value is -0.930. The van der Waals surface area contributed by atoms with Crippen molar-refractivity contribution in [3.63, 3.8) is 0 Å². The maximum Gasteiger partial charge on any atom is 0.128 e. The van der Waals surface area contributed by atoms with Gasteiger partial charge in [-0.15, -0.1) is 0 Å². The molecular weight excluding hydrogens is 179 g/mol. The van der Waals surface area contributed by atoms with E-state index in [0.717, 1.165) is 25.2 Å². The zero-order valence-corrected chi connectivity index (χ0v) is 8.33. The van der Waals surface area contributed by atoms with E-state index in [1.165, 1.54) is 6.07 Å². The Kier molecular flexibility index (Phi) is 2.79. The summed E-state index contributed by atoms with van der Waals surface area (Å²) in [5.41, 5.74) is 0.794. The van der Waals surface area contributed by atoms with Gasteiger partial charge in [0.05, 0.1) is 0 Å². The number of nitrogens with one attached hydrogen (secondary N) is 1. The van der Waals surface area contributed by atoms with E-state index < -0.39 is 0 Å². The van der Waals surface area contributed by atoms with Crippen molar-refractivity contribution in [3.05, 3.63) is 35.6 Å². The van der Waals surface area contributed by atoms with E-state index in [0.29, 0.717) is 0 Å². The fourth-order valence-corrected chi connectivity index (χ4v) is 1.90. The lowest BCUT2D eigenvalue weighted by molar-refractivity contribution is 0.198. The summed E-state index contributed by atoms with van der Waals surface area (Å²) in [6, 6.07) is 7.18. The summed E-state index contributed by atoms with van der Waals surface area (Å²) in [7, 11) is 2.04. The third-order valence-corrected chi connectivity index (χ3v) is 2.78. The van der Waals surface area contributed by atoms with Crippen molar-refractivity contribution in [1.29, 1.82) is 0 Å². The monoisotopic (exact) mass is 194 g/mol. The van der Waals surface area contributed by atoms with Gasteiger partial charge in [-0.3, -0.25) is 4.90 Å². The Morgan fingerprint density at radius 1 is 1.43 bits per heavy atom. The van der Waals surface area contributed by atoms with Gasteiger partial charge in [-0.2, -0.15) is 0 Å². The molecular formula is C11H15FN2. The summed E-state index contributed by atoms with van der Waals surface area (Å²) in [4.78, 5) is 2.19. The summed E-state index contributed by atoms with van der Waals surface area (Å²) in [6.07, 6.45) is 0. The van der Waals surface area contributed by atoms with Gasteiger partial charge in [-0.25, -0.2) is 4.39 Å². The molecule has 1 fully saturated rings. The lowest BCUT2D eigenvalue weighted by Gasteiger charge is -2.33. The smallest absolute Gasteiger partial charge is 0.128 e. The van der Waals surface area contributed by atoms with Crippen molar-refractivity contribution in [2.45, 2.75) is 6.04 Å². The summed E-state index contributed by atoms with van der Waals surface area (Å²) < 4.78 is 13.5. The highest BCUT2D eigenvalue weighted by molar-refractivity contribution is 5.22. The summed E-state index contributed by atoms with van der Waals surface area (Å²) >= 11 is 0. The van der Waals surface area contributed by atoms with Crippen molar-refractivity contribution in [1.82, 2.24) is 10.2 Å². The van der Waals surface area contributed by atoms with E-state index in [9.17, 15) is 4.39 Å². The Bertz CT molecular complexity index is 314. The zero-order valence-electron chi connectivity index (χ0n) is 8.33. The normalized spacial score (nSPS) is 23.7. The molecule has 1 aromatic carbocycles. The molecule has 76 valence electrons. The van der Waals surface area contributed by atoms with Crippen LogP contribution in [0.25, 0.3) is 0 Å². The molecule has 2 rings (SSSR count). The lowest BCUT2D eigenvalue weighted by atomic mass is 10.0. The van der Waals surface area contributed by atoms with Crippen LogP contribution in [0.5, 0.6) is 0 Å². The highest BCUT2D eigenvalue weighted by atomic mass is 19.1. The number of likely N-dealkylation sites (N-methyl/N-ethyl adjacent to an activating group) is 1. The average Bonchev–Trinajstić information content (AvgIpc) is 2.20. The predicted octanol–water partition coefficient (Wildman–Crippen LogP) is 1.40. The van der Waals surface area contributed by atoms with Crippen LogP contribution in [0, 0.1) is 5.82 Å². The molecule has 0 saturated carbocycles. The molecule has 0 aliphatic carbocycles. The predicted molar refractivity (Wildman–Crippen MR) is 54.6 cm³/mol. The van der Waals surface area contributed by atoms with Crippen molar-refractivity contribution in [2.75, 3.05) is 26.7 Å². The van der Waals surface area contributed by atoms with Crippen molar-refractivity contribution >= 4 is 0 Å². The number of hydrogen-bond acceptors (Lipinski definition) is 2. The van der Waals surface area contributed by atoms with E-state index >= 15 is 0 Å². The topological polar surface area (TPSA) is 15.3 Å². The SMILES string of the molecule is CN1CCNC[C@H]1c1ccccc1F. The second-order valence-corrected chi connectivity index (χ2v) is 3.72. The van der Waals surface area contributed by atoms with Crippen LogP contribution in [0.1, 0.15) is 11.6 Å². The largest absolute Gasteiger partial charge is 0.314 e. The molecule has 1 aliphatic heterocycles. The van der Waals surface area contributed by atoms with Gasteiger partial charge in [0.25, 0.3) is 0 Å². The van der Waals surface area contributed by atoms with Gasteiger partial charge in [0, 0.05) is 31.2 Å². The molecule has 0 amide bonds. The Morgan fingerprint density at radius 3 is 2.93 bits per heavy atom. The molecule has 1 saturated heterocycles. The van der Waals surface area contributed by atoms with Crippen LogP contribution in [-0.2, 0) is 0 Å². The van der Waals surface area contributed by atoms with Crippen LogP contribution in [0.4, 0.5) is 4.39 Å². The van der Waals surface area contributed by atoms with E-state index in [2.05, 4.69) is 10.2 Å². The molecule has 1 N–H and O–H groups in total. The second-order valence-electron chi connectivity index (χ2n) is 3.72. The zero-order chi connectivity index (χ0) is 9.97. The molecule has 2 nitrogen and oxygen atoms in total.